The van der Waals surface area contributed by atoms with Crippen molar-refractivity contribution in [1.82, 2.24) is 9.88 Å². The van der Waals surface area contributed by atoms with Crippen LogP contribution in [-0.4, -0.2) is 34.4 Å². The summed E-state index contributed by atoms with van der Waals surface area (Å²) in [6.07, 6.45) is 0.930. The van der Waals surface area contributed by atoms with Gasteiger partial charge in [0.1, 0.15) is 10.7 Å². The fourth-order valence-corrected chi connectivity index (χ4v) is 2.75. The number of thiazole rings is 1. The number of hydrogen-bond acceptors (Lipinski definition) is 5. The van der Waals surface area contributed by atoms with E-state index in [0.29, 0.717) is 15.8 Å². The summed E-state index contributed by atoms with van der Waals surface area (Å²) in [5.74, 6) is 0.295. The van der Waals surface area contributed by atoms with Gasteiger partial charge in [-0.15, -0.1) is 0 Å². The zero-order valence-electron chi connectivity index (χ0n) is 12.4. The third kappa shape index (κ3) is 4.09. The number of nitrogen functional groups attached to an aromatic ring is 1. The Morgan fingerprint density at radius 2 is 2.05 bits per heavy atom. The molecule has 0 unspecified atom stereocenters. The molecule has 0 atom stereocenters. The number of carbonyl (C=O) groups is 1. The Morgan fingerprint density at radius 3 is 2.53 bits per heavy atom. The van der Waals surface area contributed by atoms with Crippen LogP contribution in [-0.2, 0) is 0 Å². The molecule has 0 aliphatic carbocycles. The van der Waals surface area contributed by atoms with Crippen LogP contribution in [0.1, 0.15) is 50.7 Å². The lowest BCUT2D eigenvalue weighted by molar-refractivity contribution is 0.0712. The maximum Gasteiger partial charge on any atom is 0.268 e. The molecule has 0 aliphatic heterocycles. The predicted octanol–water partition coefficient (Wildman–Crippen LogP) is 2.81. The molecular formula is C13H24N4OS. The van der Waals surface area contributed by atoms with Crippen LogP contribution in [0.15, 0.2) is 0 Å². The van der Waals surface area contributed by atoms with Crippen LogP contribution in [0.2, 0.25) is 0 Å². The quantitative estimate of drug-likeness (QED) is 0.842. The summed E-state index contributed by atoms with van der Waals surface area (Å²) in [5, 5.41) is 3.88. The van der Waals surface area contributed by atoms with E-state index in [9.17, 15) is 4.79 Å². The van der Waals surface area contributed by atoms with Crippen LogP contribution >= 0.6 is 11.3 Å². The minimum atomic E-state index is -0.0244. The number of amides is 1. The summed E-state index contributed by atoms with van der Waals surface area (Å²) in [6.45, 7) is 10.9. The summed E-state index contributed by atoms with van der Waals surface area (Å²) in [5.41, 5.74) is 5.86. The van der Waals surface area contributed by atoms with E-state index in [0.717, 1.165) is 13.0 Å². The summed E-state index contributed by atoms with van der Waals surface area (Å²) in [4.78, 5) is 19.1. The van der Waals surface area contributed by atoms with Crippen molar-refractivity contribution in [3.05, 3.63) is 4.88 Å². The number of rotatable bonds is 6. The van der Waals surface area contributed by atoms with Crippen molar-refractivity contribution >= 4 is 28.2 Å². The zero-order valence-corrected chi connectivity index (χ0v) is 13.2. The predicted molar refractivity (Wildman–Crippen MR) is 81.7 cm³/mol. The number of nitrogens with zero attached hydrogens (tertiary/aromatic N) is 2. The van der Waals surface area contributed by atoms with Crippen LogP contribution in [0.3, 0.4) is 0 Å². The number of nitrogens with two attached hydrogens (primary N) is 1. The summed E-state index contributed by atoms with van der Waals surface area (Å²) in [6, 6.07) is 0.431. The average Bonchev–Trinajstić information content (AvgIpc) is 2.64. The molecule has 108 valence electrons. The number of carbonyl (C=O) groups excluding carboxylic acids is 1. The number of aromatic nitrogens is 1. The largest absolute Gasteiger partial charge is 0.382 e. The fraction of sp³-hybridized carbons (Fsp3) is 0.692. The maximum absolute atomic E-state index is 12.5. The topological polar surface area (TPSA) is 71.2 Å². The molecule has 0 aromatic carbocycles. The first-order valence-electron chi connectivity index (χ1n) is 6.70. The van der Waals surface area contributed by atoms with E-state index in [2.05, 4.69) is 17.2 Å². The molecule has 0 aliphatic rings. The molecular weight excluding hydrogens is 260 g/mol. The van der Waals surface area contributed by atoms with Gasteiger partial charge in [0, 0.05) is 18.6 Å². The van der Waals surface area contributed by atoms with Crippen molar-refractivity contribution in [3.8, 4) is 0 Å². The molecule has 1 aromatic heterocycles. The van der Waals surface area contributed by atoms with Crippen LogP contribution < -0.4 is 11.1 Å². The molecule has 1 rings (SSSR count). The van der Waals surface area contributed by atoms with Crippen molar-refractivity contribution in [2.75, 3.05) is 17.6 Å². The molecule has 3 N–H and O–H groups in total. The summed E-state index contributed by atoms with van der Waals surface area (Å²) in [7, 11) is 0. The van der Waals surface area contributed by atoms with E-state index >= 15 is 0 Å². The second-order valence-electron chi connectivity index (χ2n) is 5.12. The van der Waals surface area contributed by atoms with Crippen molar-refractivity contribution < 1.29 is 4.79 Å². The zero-order chi connectivity index (χ0) is 14.6. The van der Waals surface area contributed by atoms with Gasteiger partial charge in [-0.3, -0.25) is 4.79 Å². The van der Waals surface area contributed by atoms with Gasteiger partial charge in [0.25, 0.3) is 5.91 Å². The number of nitrogens with one attached hydrogen (secondary N) is 1. The molecule has 0 radical (unpaired) electrons. The van der Waals surface area contributed by atoms with Gasteiger partial charge in [-0.2, -0.15) is 0 Å². The Kier molecular flexibility index (Phi) is 5.60. The molecule has 1 amide bonds. The standard InChI is InChI=1S/C13H24N4OS/c1-6-7-17(9(4)5)12(18)10-11(14)16-13(19-10)15-8(2)3/h8-9H,6-7,14H2,1-5H3,(H,15,16). The molecule has 1 aromatic rings. The van der Waals surface area contributed by atoms with Crippen LogP contribution in [0, 0.1) is 0 Å². The molecule has 6 heteroatoms. The van der Waals surface area contributed by atoms with Gasteiger partial charge in [0.2, 0.25) is 0 Å². The molecule has 0 saturated carbocycles. The molecule has 0 bridgehead atoms. The Bertz CT molecular complexity index is 428. The Morgan fingerprint density at radius 1 is 1.42 bits per heavy atom. The third-order valence-electron chi connectivity index (χ3n) is 2.61. The first kappa shape index (κ1) is 15.8. The lowest BCUT2D eigenvalue weighted by Gasteiger charge is -2.25. The fourth-order valence-electron chi connectivity index (χ4n) is 1.76. The van der Waals surface area contributed by atoms with Gasteiger partial charge in [-0.05, 0) is 34.1 Å². The van der Waals surface area contributed by atoms with Gasteiger partial charge in [-0.1, -0.05) is 18.3 Å². The normalized spacial score (nSPS) is 11.1. The van der Waals surface area contributed by atoms with Gasteiger partial charge in [-0.25, -0.2) is 4.98 Å². The van der Waals surface area contributed by atoms with E-state index in [1.807, 2.05) is 32.6 Å². The van der Waals surface area contributed by atoms with Crippen LogP contribution in [0.5, 0.6) is 0 Å². The van der Waals surface area contributed by atoms with Gasteiger partial charge in [0.15, 0.2) is 5.13 Å². The lowest BCUT2D eigenvalue weighted by atomic mass is 10.2. The minimum Gasteiger partial charge on any atom is -0.382 e. The Hall–Kier alpha value is -1.30. The van der Waals surface area contributed by atoms with Crippen molar-refractivity contribution in [2.45, 2.75) is 53.1 Å². The van der Waals surface area contributed by atoms with Crippen molar-refractivity contribution in [2.24, 2.45) is 0 Å². The van der Waals surface area contributed by atoms with Gasteiger partial charge >= 0.3 is 0 Å². The van der Waals surface area contributed by atoms with Crippen LogP contribution in [0.4, 0.5) is 10.9 Å². The van der Waals surface area contributed by atoms with E-state index in [4.69, 9.17) is 5.73 Å². The summed E-state index contributed by atoms with van der Waals surface area (Å²) >= 11 is 1.33. The molecule has 19 heavy (non-hydrogen) atoms. The highest BCUT2D eigenvalue weighted by molar-refractivity contribution is 7.18. The smallest absolute Gasteiger partial charge is 0.268 e. The van der Waals surface area contributed by atoms with Gasteiger partial charge < -0.3 is 16.0 Å². The lowest BCUT2D eigenvalue weighted by Crippen LogP contribution is -2.37. The van der Waals surface area contributed by atoms with E-state index in [1.54, 1.807) is 0 Å². The molecule has 0 saturated heterocycles. The highest BCUT2D eigenvalue weighted by Crippen LogP contribution is 2.27. The second kappa shape index (κ2) is 6.75. The number of anilines is 2. The van der Waals surface area contributed by atoms with E-state index in [-0.39, 0.29) is 18.0 Å². The maximum atomic E-state index is 12.5. The minimum absolute atomic E-state index is 0.0244. The molecule has 0 spiro atoms. The number of hydrogen-bond donors (Lipinski definition) is 2. The molecule has 0 fully saturated rings. The average molecular weight is 284 g/mol. The van der Waals surface area contributed by atoms with Crippen molar-refractivity contribution in [3.63, 3.8) is 0 Å². The SMILES string of the molecule is CCCN(C(=O)c1sc(NC(C)C)nc1N)C(C)C. The molecule has 1 heterocycles. The third-order valence-corrected chi connectivity index (χ3v) is 3.60. The molecule has 5 nitrogen and oxygen atoms in total. The monoisotopic (exact) mass is 284 g/mol. The first-order valence-corrected chi connectivity index (χ1v) is 7.52. The van der Waals surface area contributed by atoms with Crippen molar-refractivity contribution in [1.29, 1.82) is 0 Å². The highest BCUT2D eigenvalue weighted by Gasteiger charge is 2.23. The van der Waals surface area contributed by atoms with Crippen LogP contribution in [0.25, 0.3) is 0 Å². The summed E-state index contributed by atoms with van der Waals surface area (Å²) < 4.78 is 0. The van der Waals surface area contributed by atoms with E-state index in [1.165, 1.54) is 11.3 Å². The van der Waals surface area contributed by atoms with E-state index < -0.39 is 0 Å². The Balaban J connectivity index is 2.94. The second-order valence-corrected chi connectivity index (χ2v) is 6.12. The first-order chi connectivity index (χ1) is 8.86. The Labute approximate surface area is 119 Å². The van der Waals surface area contributed by atoms with Gasteiger partial charge in [0.05, 0.1) is 0 Å². The highest BCUT2D eigenvalue weighted by atomic mass is 32.1.